The van der Waals surface area contributed by atoms with Crippen molar-refractivity contribution in [1.29, 1.82) is 0 Å². The second-order valence-electron chi connectivity index (χ2n) is 4.25. The minimum atomic E-state index is 0.593. The molecule has 0 unspecified atom stereocenters. The average molecular weight is 277 g/mol. The van der Waals surface area contributed by atoms with Crippen molar-refractivity contribution in [3.63, 3.8) is 0 Å². The molecule has 0 atom stereocenters. The van der Waals surface area contributed by atoms with E-state index in [9.17, 15) is 0 Å². The number of nitrogens with zero attached hydrogens (tertiary/aromatic N) is 2. The monoisotopic (exact) mass is 277 g/mol. The molecular weight excluding hydrogens is 258 g/mol. The molecule has 0 aliphatic carbocycles. The molecule has 0 saturated heterocycles. The summed E-state index contributed by atoms with van der Waals surface area (Å²) < 4.78 is 15.6. The van der Waals surface area contributed by atoms with Crippen LogP contribution in [-0.4, -0.2) is 30.9 Å². The van der Waals surface area contributed by atoms with E-state index in [1.54, 1.807) is 14.2 Å². The molecule has 6 nitrogen and oxygen atoms in total. The lowest BCUT2D eigenvalue weighted by molar-refractivity contribution is 0.354. The van der Waals surface area contributed by atoms with Crippen LogP contribution in [0.25, 0.3) is 0 Å². The van der Waals surface area contributed by atoms with Crippen LogP contribution in [-0.2, 0) is 13.0 Å². The SMILES string of the molecule is CCNCc1nc(Cc2ccc(OC)c(OC)c2)no1. The van der Waals surface area contributed by atoms with Crippen molar-refractivity contribution in [2.45, 2.75) is 19.9 Å². The van der Waals surface area contributed by atoms with Gasteiger partial charge in [-0.2, -0.15) is 4.98 Å². The molecule has 2 aromatic rings. The number of aromatic nitrogens is 2. The van der Waals surface area contributed by atoms with Crippen LogP contribution in [0, 0.1) is 0 Å². The molecule has 1 aromatic heterocycles. The molecule has 0 spiro atoms. The van der Waals surface area contributed by atoms with Crippen molar-refractivity contribution in [2.24, 2.45) is 0 Å². The van der Waals surface area contributed by atoms with E-state index in [1.165, 1.54) is 0 Å². The third-order valence-electron chi connectivity index (χ3n) is 2.85. The first-order valence-corrected chi connectivity index (χ1v) is 6.50. The fraction of sp³-hybridized carbons (Fsp3) is 0.429. The Morgan fingerprint density at radius 1 is 1.20 bits per heavy atom. The van der Waals surface area contributed by atoms with E-state index < -0.39 is 0 Å². The average Bonchev–Trinajstić information content (AvgIpc) is 2.92. The topological polar surface area (TPSA) is 69.4 Å². The van der Waals surface area contributed by atoms with Crippen LogP contribution in [0.4, 0.5) is 0 Å². The van der Waals surface area contributed by atoms with Crippen molar-refractivity contribution in [2.75, 3.05) is 20.8 Å². The van der Waals surface area contributed by atoms with Crippen molar-refractivity contribution in [3.8, 4) is 11.5 Å². The summed E-state index contributed by atoms with van der Waals surface area (Å²) in [6, 6.07) is 5.74. The number of hydrogen-bond donors (Lipinski definition) is 1. The van der Waals surface area contributed by atoms with Crippen LogP contribution in [0.5, 0.6) is 11.5 Å². The summed E-state index contributed by atoms with van der Waals surface area (Å²) >= 11 is 0. The van der Waals surface area contributed by atoms with Gasteiger partial charge in [-0.05, 0) is 24.2 Å². The molecule has 0 amide bonds. The Balaban J connectivity index is 2.07. The van der Waals surface area contributed by atoms with Gasteiger partial charge in [0.25, 0.3) is 0 Å². The van der Waals surface area contributed by atoms with Gasteiger partial charge in [-0.3, -0.25) is 0 Å². The minimum Gasteiger partial charge on any atom is -0.493 e. The first kappa shape index (κ1) is 14.3. The van der Waals surface area contributed by atoms with Gasteiger partial charge >= 0.3 is 0 Å². The quantitative estimate of drug-likeness (QED) is 0.832. The molecule has 6 heteroatoms. The third-order valence-corrected chi connectivity index (χ3v) is 2.85. The van der Waals surface area contributed by atoms with Gasteiger partial charge in [-0.15, -0.1) is 0 Å². The Morgan fingerprint density at radius 3 is 2.70 bits per heavy atom. The second-order valence-corrected chi connectivity index (χ2v) is 4.25. The number of benzene rings is 1. The van der Waals surface area contributed by atoms with E-state index >= 15 is 0 Å². The fourth-order valence-corrected chi connectivity index (χ4v) is 1.84. The largest absolute Gasteiger partial charge is 0.493 e. The molecule has 2 rings (SSSR count). The zero-order valence-corrected chi connectivity index (χ0v) is 12.0. The van der Waals surface area contributed by atoms with E-state index in [1.807, 2.05) is 25.1 Å². The summed E-state index contributed by atoms with van der Waals surface area (Å²) in [5.41, 5.74) is 1.04. The smallest absolute Gasteiger partial charge is 0.240 e. The summed E-state index contributed by atoms with van der Waals surface area (Å²) in [5, 5.41) is 7.11. The Kier molecular flexibility index (Phi) is 4.95. The molecule has 1 N–H and O–H groups in total. The normalized spacial score (nSPS) is 10.6. The predicted octanol–water partition coefficient (Wildman–Crippen LogP) is 1.79. The summed E-state index contributed by atoms with van der Waals surface area (Å²) in [6.45, 7) is 3.49. The van der Waals surface area contributed by atoms with Gasteiger partial charge < -0.3 is 19.3 Å². The third kappa shape index (κ3) is 3.48. The zero-order valence-electron chi connectivity index (χ0n) is 12.0. The number of hydrogen-bond acceptors (Lipinski definition) is 6. The van der Waals surface area contributed by atoms with Gasteiger partial charge in [0.1, 0.15) is 0 Å². The van der Waals surface area contributed by atoms with Crippen molar-refractivity contribution in [3.05, 3.63) is 35.5 Å². The van der Waals surface area contributed by atoms with Gasteiger partial charge in [-0.25, -0.2) is 0 Å². The maximum atomic E-state index is 5.27. The number of rotatable bonds is 7. The molecule has 1 aromatic carbocycles. The number of nitrogens with one attached hydrogen (secondary N) is 1. The van der Waals surface area contributed by atoms with Gasteiger partial charge in [0.15, 0.2) is 17.3 Å². The highest BCUT2D eigenvalue weighted by atomic mass is 16.5. The highest BCUT2D eigenvalue weighted by molar-refractivity contribution is 5.43. The molecule has 0 saturated carbocycles. The number of methoxy groups -OCH3 is 2. The second kappa shape index (κ2) is 6.91. The van der Waals surface area contributed by atoms with Crippen molar-refractivity contribution >= 4 is 0 Å². The van der Waals surface area contributed by atoms with Gasteiger partial charge in [0.2, 0.25) is 5.89 Å². The van der Waals surface area contributed by atoms with Crippen molar-refractivity contribution in [1.82, 2.24) is 15.5 Å². The first-order chi connectivity index (χ1) is 9.76. The van der Waals surface area contributed by atoms with E-state index in [0.29, 0.717) is 36.2 Å². The molecule has 0 bridgehead atoms. The zero-order chi connectivity index (χ0) is 14.4. The lowest BCUT2D eigenvalue weighted by atomic mass is 10.1. The van der Waals surface area contributed by atoms with Crippen LogP contribution < -0.4 is 14.8 Å². The maximum absolute atomic E-state index is 5.27. The molecular formula is C14H19N3O3. The van der Waals surface area contributed by atoms with Crippen LogP contribution in [0.15, 0.2) is 22.7 Å². The van der Waals surface area contributed by atoms with Crippen LogP contribution in [0.1, 0.15) is 24.2 Å². The van der Waals surface area contributed by atoms with Gasteiger partial charge in [0, 0.05) is 6.42 Å². The number of ether oxygens (including phenoxy) is 2. The lowest BCUT2D eigenvalue weighted by Crippen LogP contribution is -2.11. The summed E-state index contributed by atoms with van der Waals surface area (Å²) in [7, 11) is 3.23. The van der Waals surface area contributed by atoms with E-state index in [-0.39, 0.29) is 0 Å². The highest BCUT2D eigenvalue weighted by Crippen LogP contribution is 2.28. The van der Waals surface area contributed by atoms with E-state index in [4.69, 9.17) is 14.0 Å². The standard InChI is InChI=1S/C14H19N3O3/c1-4-15-9-14-16-13(17-20-14)8-10-5-6-11(18-2)12(7-10)19-3/h5-7,15H,4,8-9H2,1-3H3. The summed E-state index contributed by atoms with van der Waals surface area (Å²) in [4.78, 5) is 4.33. The van der Waals surface area contributed by atoms with E-state index in [0.717, 1.165) is 12.1 Å². The van der Waals surface area contributed by atoms with Crippen molar-refractivity contribution < 1.29 is 14.0 Å². The van der Waals surface area contributed by atoms with E-state index in [2.05, 4.69) is 15.5 Å². The Bertz CT molecular complexity index is 554. The molecule has 0 aliphatic rings. The highest BCUT2D eigenvalue weighted by Gasteiger charge is 2.09. The molecule has 108 valence electrons. The molecule has 1 heterocycles. The molecule has 20 heavy (non-hydrogen) atoms. The fourth-order valence-electron chi connectivity index (χ4n) is 1.84. The summed E-state index contributed by atoms with van der Waals surface area (Å²) in [6.07, 6.45) is 0.593. The lowest BCUT2D eigenvalue weighted by Gasteiger charge is -2.08. The molecule has 0 aliphatic heterocycles. The van der Waals surface area contributed by atoms with Crippen LogP contribution >= 0.6 is 0 Å². The Labute approximate surface area is 118 Å². The maximum Gasteiger partial charge on any atom is 0.240 e. The Hall–Kier alpha value is -2.08. The Morgan fingerprint density at radius 2 is 2.00 bits per heavy atom. The first-order valence-electron chi connectivity index (χ1n) is 6.50. The van der Waals surface area contributed by atoms with Crippen LogP contribution in [0.2, 0.25) is 0 Å². The van der Waals surface area contributed by atoms with Crippen LogP contribution in [0.3, 0.4) is 0 Å². The van der Waals surface area contributed by atoms with Gasteiger partial charge in [0.05, 0.1) is 20.8 Å². The summed E-state index contributed by atoms with van der Waals surface area (Å²) in [5.74, 6) is 2.66. The predicted molar refractivity (Wildman–Crippen MR) is 74.0 cm³/mol. The minimum absolute atomic E-state index is 0.593. The molecule has 0 radical (unpaired) electrons. The van der Waals surface area contributed by atoms with Gasteiger partial charge in [-0.1, -0.05) is 18.1 Å². The molecule has 0 fully saturated rings.